The zero-order valence-electron chi connectivity index (χ0n) is 34.9. The maximum Gasteiger partial charge on any atom is 0.0639 e. The number of rotatable bonds is 33. The Morgan fingerprint density at radius 3 is 1.15 bits per heavy atom. The molecule has 2 aromatic rings. The number of hydrogen-bond acceptors (Lipinski definition) is 2. The minimum absolute atomic E-state index is 0. The van der Waals surface area contributed by atoms with Crippen molar-refractivity contribution in [1.29, 1.82) is 0 Å². The molecule has 53 heavy (non-hydrogen) atoms. The first kappa shape index (κ1) is 48.9. The smallest absolute Gasteiger partial charge is 0.0639 e. The molecule has 0 spiro atoms. The average Bonchev–Trinajstić information content (AvgIpc) is 3.16. The molecule has 3 heteroatoms. The predicted molar refractivity (Wildman–Crippen MR) is 237 cm³/mol. The second kappa shape index (κ2) is 35.6. The van der Waals surface area contributed by atoms with Crippen LogP contribution in [-0.4, -0.2) is 11.4 Å². The summed E-state index contributed by atoms with van der Waals surface area (Å²) in [6.07, 6.45) is 45.5. The summed E-state index contributed by atoms with van der Waals surface area (Å²) < 4.78 is 0. The minimum atomic E-state index is 0. The van der Waals surface area contributed by atoms with Crippen LogP contribution in [0.4, 0.5) is 11.4 Å². The fraction of sp³-hybridized carbons (Fsp3) is 0.640. The number of nitrogens with zero attached hydrogens (tertiary/aromatic N) is 2. The quantitative estimate of drug-likeness (QED) is 0.0390. The van der Waals surface area contributed by atoms with Crippen LogP contribution in [0.2, 0.25) is 0 Å². The Bertz CT molecular complexity index is 1260. The fourth-order valence-corrected chi connectivity index (χ4v) is 6.89. The summed E-state index contributed by atoms with van der Waals surface area (Å²) in [4.78, 5) is 10.7. The van der Waals surface area contributed by atoms with Crippen LogP contribution in [-0.2, 0) is 20.4 Å². The molecule has 2 aromatic carbocycles. The minimum Gasteiger partial charge on any atom is -0.252 e. The van der Waals surface area contributed by atoms with Gasteiger partial charge in [0.05, 0.1) is 22.8 Å². The van der Waals surface area contributed by atoms with E-state index >= 15 is 0 Å². The number of benzene rings is 2. The molecule has 0 aromatic heterocycles. The summed E-state index contributed by atoms with van der Waals surface area (Å²) in [5.74, 6) is 0. The molecule has 0 unspecified atom stereocenters. The molecular weight excluding hydrogens is 735 g/mol. The van der Waals surface area contributed by atoms with Crippen molar-refractivity contribution < 1.29 is 20.4 Å². The SMILES string of the molecule is CCCCCCCCCCC=Cc1cccc(N=C(CCCC)C(CCCCCCCC)=Nc2cccc(C=CCCCCCCCCCC)c2)c1.[Pd]. The third kappa shape index (κ3) is 26.4. The summed E-state index contributed by atoms with van der Waals surface area (Å²) in [6.45, 7) is 9.16. The Morgan fingerprint density at radius 2 is 0.755 bits per heavy atom. The average molecular weight is 816 g/mol. The first-order valence-electron chi connectivity index (χ1n) is 22.4. The molecule has 0 saturated heterocycles. The van der Waals surface area contributed by atoms with Crippen LogP contribution in [0, 0.1) is 0 Å². The van der Waals surface area contributed by atoms with Crippen molar-refractivity contribution in [2.45, 2.75) is 207 Å². The third-order valence-corrected chi connectivity index (χ3v) is 10.2. The van der Waals surface area contributed by atoms with E-state index < -0.39 is 0 Å². The van der Waals surface area contributed by atoms with Gasteiger partial charge in [0.1, 0.15) is 0 Å². The summed E-state index contributed by atoms with van der Waals surface area (Å²) in [6, 6.07) is 17.6. The van der Waals surface area contributed by atoms with Crippen LogP contribution in [0.3, 0.4) is 0 Å². The first-order chi connectivity index (χ1) is 25.7. The summed E-state index contributed by atoms with van der Waals surface area (Å²) >= 11 is 0. The second-order valence-electron chi connectivity index (χ2n) is 15.3. The molecule has 0 bridgehead atoms. The van der Waals surface area contributed by atoms with E-state index in [1.54, 1.807) is 0 Å². The van der Waals surface area contributed by atoms with Gasteiger partial charge in [-0.15, -0.1) is 0 Å². The Morgan fingerprint density at radius 1 is 0.415 bits per heavy atom. The molecular formula is C50H80N2Pd. The molecule has 0 aliphatic rings. The van der Waals surface area contributed by atoms with E-state index in [4.69, 9.17) is 9.98 Å². The van der Waals surface area contributed by atoms with Crippen LogP contribution in [0.1, 0.15) is 219 Å². The summed E-state index contributed by atoms with van der Waals surface area (Å²) in [5.41, 5.74) is 6.95. The molecule has 0 N–H and O–H groups in total. The van der Waals surface area contributed by atoms with Crippen molar-refractivity contribution in [1.82, 2.24) is 0 Å². The van der Waals surface area contributed by atoms with E-state index in [2.05, 4.69) is 101 Å². The first-order valence-corrected chi connectivity index (χ1v) is 22.4. The van der Waals surface area contributed by atoms with E-state index in [1.807, 2.05) is 0 Å². The number of hydrogen-bond donors (Lipinski definition) is 0. The molecule has 0 heterocycles. The molecule has 0 fully saturated rings. The Kier molecular flexibility index (Phi) is 32.9. The van der Waals surface area contributed by atoms with Gasteiger partial charge in [0.25, 0.3) is 0 Å². The van der Waals surface area contributed by atoms with Crippen molar-refractivity contribution in [3.63, 3.8) is 0 Å². The number of aliphatic imine (C=N–C) groups is 2. The Hall–Kier alpha value is -2.08. The van der Waals surface area contributed by atoms with Crippen LogP contribution >= 0.6 is 0 Å². The zero-order valence-corrected chi connectivity index (χ0v) is 36.5. The standard InChI is InChI=1S/C50H80N2.Pd/c1-5-9-13-16-19-21-23-25-27-30-35-45-37-33-39-47(43-45)51-49(41-12-8-4)50(42-32-29-18-15-11-7-3)52-48-40-34-38-46(44-48)36-31-28-26-24-22-20-17-14-10-6-2;/h30-31,33-40,43-44H,5-29,32,41-42H2,1-4H3;. The van der Waals surface area contributed by atoms with Gasteiger partial charge in [-0.25, -0.2) is 0 Å². The second-order valence-corrected chi connectivity index (χ2v) is 15.3. The van der Waals surface area contributed by atoms with Crippen molar-refractivity contribution in [3.8, 4) is 0 Å². The van der Waals surface area contributed by atoms with Crippen LogP contribution in [0.25, 0.3) is 12.2 Å². The van der Waals surface area contributed by atoms with Crippen LogP contribution < -0.4 is 0 Å². The third-order valence-electron chi connectivity index (χ3n) is 10.2. The Balaban J connectivity index is 0.0000140. The van der Waals surface area contributed by atoms with E-state index in [0.717, 1.165) is 49.9 Å². The van der Waals surface area contributed by atoms with E-state index in [9.17, 15) is 0 Å². The van der Waals surface area contributed by atoms with Crippen molar-refractivity contribution in [2.24, 2.45) is 9.98 Å². The maximum absolute atomic E-state index is 5.37. The van der Waals surface area contributed by atoms with Crippen molar-refractivity contribution in [3.05, 3.63) is 71.8 Å². The van der Waals surface area contributed by atoms with Crippen molar-refractivity contribution in [2.75, 3.05) is 0 Å². The van der Waals surface area contributed by atoms with Gasteiger partial charge in [-0.05, 0) is 86.8 Å². The van der Waals surface area contributed by atoms with Gasteiger partial charge in [-0.3, -0.25) is 9.98 Å². The molecule has 0 radical (unpaired) electrons. The number of unbranched alkanes of at least 4 members (excludes halogenated alkanes) is 22. The normalized spacial score (nSPS) is 12.3. The largest absolute Gasteiger partial charge is 0.252 e. The Labute approximate surface area is 343 Å². The molecule has 2 rings (SSSR count). The van der Waals surface area contributed by atoms with Gasteiger partial charge in [-0.1, -0.05) is 205 Å². The molecule has 300 valence electrons. The van der Waals surface area contributed by atoms with E-state index in [-0.39, 0.29) is 20.4 Å². The molecule has 0 saturated carbocycles. The molecule has 0 atom stereocenters. The van der Waals surface area contributed by atoms with Crippen LogP contribution in [0.15, 0.2) is 70.7 Å². The molecule has 0 amide bonds. The zero-order chi connectivity index (χ0) is 37.2. The van der Waals surface area contributed by atoms with Gasteiger partial charge in [-0.2, -0.15) is 0 Å². The topological polar surface area (TPSA) is 24.7 Å². The summed E-state index contributed by atoms with van der Waals surface area (Å²) in [7, 11) is 0. The van der Waals surface area contributed by atoms with E-state index in [0.29, 0.717) is 0 Å². The van der Waals surface area contributed by atoms with E-state index in [1.165, 1.54) is 164 Å². The molecule has 2 nitrogen and oxygen atoms in total. The monoisotopic (exact) mass is 815 g/mol. The van der Waals surface area contributed by atoms with Gasteiger partial charge in [0.2, 0.25) is 0 Å². The van der Waals surface area contributed by atoms with Gasteiger partial charge < -0.3 is 0 Å². The van der Waals surface area contributed by atoms with Crippen LogP contribution in [0.5, 0.6) is 0 Å². The van der Waals surface area contributed by atoms with Crippen molar-refractivity contribution >= 4 is 35.0 Å². The maximum atomic E-state index is 5.37. The van der Waals surface area contributed by atoms with Gasteiger partial charge in [0.15, 0.2) is 0 Å². The van der Waals surface area contributed by atoms with Gasteiger partial charge in [0, 0.05) is 20.4 Å². The molecule has 0 aliphatic heterocycles. The molecule has 0 aliphatic carbocycles. The summed E-state index contributed by atoms with van der Waals surface area (Å²) in [5, 5.41) is 0. The van der Waals surface area contributed by atoms with Gasteiger partial charge >= 0.3 is 0 Å². The predicted octanol–water partition coefficient (Wildman–Crippen LogP) is 17.6. The number of allylic oxidation sites excluding steroid dienone is 2. The fourth-order valence-electron chi connectivity index (χ4n) is 6.89.